The molecule has 1 aliphatic carbocycles. The molecule has 1 aliphatic rings. The highest BCUT2D eigenvalue weighted by atomic mass is 32.1. The predicted octanol–water partition coefficient (Wildman–Crippen LogP) is 12.3. The van der Waals surface area contributed by atoms with E-state index in [2.05, 4.69) is 148 Å². The molecule has 9 rings (SSSR count). The van der Waals surface area contributed by atoms with Gasteiger partial charge in [0.1, 0.15) is 0 Å². The standard InChI is InChI=1S/C42H30S/c1-25-22-23-28-33(24-25)39(31-16-10-19-35-40(31)29-14-6-8-18-34(29)42(35,2)3)27-13-5-4-12-26(27)38(28)32-17-11-21-37-41(32)30-15-7-9-20-36(30)43-37/h4-24H,1-3H3. The lowest BCUT2D eigenvalue weighted by atomic mass is 9.80. The lowest BCUT2D eigenvalue weighted by Gasteiger charge is -2.23. The van der Waals surface area contributed by atoms with Crippen LogP contribution in [0.15, 0.2) is 127 Å². The summed E-state index contributed by atoms with van der Waals surface area (Å²) in [4.78, 5) is 0. The summed E-state index contributed by atoms with van der Waals surface area (Å²) in [6, 6.07) is 47.8. The van der Waals surface area contributed by atoms with Crippen molar-refractivity contribution in [2.45, 2.75) is 26.2 Å². The van der Waals surface area contributed by atoms with Crippen molar-refractivity contribution >= 4 is 53.1 Å². The summed E-state index contributed by atoms with van der Waals surface area (Å²) in [5, 5.41) is 7.94. The minimum absolute atomic E-state index is 0.0426. The van der Waals surface area contributed by atoms with Gasteiger partial charge in [-0.2, -0.15) is 0 Å². The molecule has 1 aromatic heterocycles. The normalized spacial score (nSPS) is 13.7. The molecule has 0 bridgehead atoms. The molecule has 43 heavy (non-hydrogen) atoms. The van der Waals surface area contributed by atoms with Crippen molar-refractivity contribution in [2.24, 2.45) is 0 Å². The van der Waals surface area contributed by atoms with E-state index in [1.54, 1.807) is 0 Å². The molecule has 0 spiro atoms. The van der Waals surface area contributed by atoms with Gasteiger partial charge in [-0.1, -0.05) is 135 Å². The zero-order chi connectivity index (χ0) is 28.9. The van der Waals surface area contributed by atoms with Gasteiger partial charge in [-0.05, 0) is 85.1 Å². The fraction of sp³-hybridized carbons (Fsp3) is 0.0952. The molecule has 8 aromatic rings. The third kappa shape index (κ3) is 3.37. The maximum atomic E-state index is 2.41. The zero-order valence-corrected chi connectivity index (χ0v) is 25.3. The maximum absolute atomic E-state index is 2.41. The number of thiophene rings is 1. The van der Waals surface area contributed by atoms with E-state index < -0.39 is 0 Å². The minimum atomic E-state index is -0.0426. The number of aryl methyl sites for hydroxylation is 1. The third-order valence-corrected chi connectivity index (χ3v) is 10.9. The molecule has 0 atom stereocenters. The lowest BCUT2D eigenvalue weighted by molar-refractivity contribution is 0.660. The van der Waals surface area contributed by atoms with E-state index in [1.165, 1.54) is 91.8 Å². The highest BCUT2D eigenvalue weighted by Gasteiger charge is 2.37. The molecule has 1 heteroatoms. The van der Waals surface area contributed by atoms with Crippen molar-refractivity contribution in [1.82, 2.24) is 0 Å². The number of hydrogen-bond donors (Lipinski definition) is 0. The Balaban J connectivity index is 1.47. The van der Waals surface area contributed by atoms with Crippen LogP contribution in [0.5, 0.6) is 0 Å². The SMILES string of the molecule is Cc1ccc2c(-c3cccc4sc5ccccc5c34)c3ccccc3c(-c3cccc4c3-c3ccccc3C4(C)C)c2c1. The first-order valence-corrected chi connectivity index (χ1v) is 15.9. The van der Waals surface area contributed by atoms with Gasteiger partial charge in [0, 0.05) is 25.6 Å². The molecular formula is C42H30S. The first-order chi connectivity index (χ1) is 21.0. The fourth-order valence-electron chi connectivity index (χ4n) is 7.82. The van der Waals surface area contributed by atoms with Crippen molar-refractivity contribution in [2.75, 3.05) is 0 Å². The number of fused-ring (bicyclic) bond motifs is 8. The summed E-state index contributed by atoms with van der Waals surface area (Å²) >= 11 is 1.89. The van der Waals surface area contributed by atoms with Crippen LogP contribution in [0.25, 0.3) is 75.1 Å². The summed E-state index contributed by atoms with van der Waals surface area (Å²) in [6.07, 6.45) is 0. The molecular weight excluding hydrogens is 537 g/mol. The Morgan fingerprint density at radius 2 is 1.02 bits per heavy atom. The quantitative estimate of drug-likeness (QED) is 0.183. The van der Waals surface area contributed by atoms with Gasteiger partial charge in [0.2, 0.25) is 0 Å². The topological polar surface area (TPSA) is 0 Å². The van der Waals surface area contributed by atoms with Gasteiger partial charge < -0.3 is 0 Å². The monoisotopic (exact) mass is 566 g/mol. The summed E-state index contributed by atoms with van der Waals surface area (Å²) in [7, 11) is 0. The van der Waals surface area contributed by atoms with Crippen molar-refractivity contribution in [3.8, 4) is 33.4 Å². The van der Waals surface area contributed by atoms with Gasteiger partial charge in [0.25, 0.3) is 0 Å². The Hall–Kier alpha value is -4.72. The Morgan fingerprint density at radius 3 is 1.86 bits per heavy atom. The molecule has 0 saturated carbocycles. The predicted molar refractivity (Wildman–Crippen MR) is 188 cm³/mol. The summed E-state index contributed by atoms with van der Waals surface area (Å²) < 4.78 is 2.68. The van der Waals surface area contributed by atoms with E-state index in [4.69, 9.17) is 0 Å². The van der Waals surface area contributed by atoms with Gasteiger partial charge >= 0.3 is 0 Å². The highest BCUT2D eigenvalue weighted by molar-refractivity contribution is 7.25. The Labute approximate surface area is 255 Å². The molecule has 7 aromatic carbocycles. The first-order valence-electron chi connectivity index (χ1n) is 15.1. The summed E-state index contributed by atoms with van der Waals surface area (Å²) in [5.74, 6) is 0. The van der Waals surface area contributed by atoms with Crippen LogP contribution in [-0.4, -0.2) is 0 Å². The van der Waals surface area contributed by atoms with E-state index in [9.17, 15) is 0 Å². The molecule has 0 amide bonds. The number of benzene rings is 7. The van der Waals surface area contributed by atoms with Crippen molar-refractivity contribution < 1.29 is 0 Å². The first kappa shape index (κ1) is 24.8. The third-order valence-electron chi connectivity index (χ3n) is 9.73. The van der Waals surface area contributed by atoms with E-state index in [0.29, 0.717) is 0 Å². The minimum Gasteiger partial charge on any atom is -0.135 e. The maximum Gasteiger partial charge on any atom is 0.0361 e. The van der Waals surface area contributed by atoms with Crippen LogP contribution in [0, 0.1) is 6.92 Å². The largest absolute Gasteiger partial charge is 0.135 e. The Morgan fingerprint density at radius 1 is 0.442 bits per heavy atom. The van der Waals surface area contributed by atoms with Crippen LogP contribution in [-0.2, 0) is 5.41 Å². The fourth-order valence-corrected chi connectivity index (χ4v) is 8.95. The highest BCUT2D eigenvalue weighted by Crippen LogP contribution is 2.55. The molecule has 1 heterocycles. The average molecular weight is 567 g/mol. The molecule has 0 radical (unpaired) electrons. The molecule has 0 unspecified atom stereocenters. The van der Waals surface area contributed by atoms with Crippen molar-refractivity contribution in [3.05, 3.63) is 144 Å². The molecule has 0 nitrogen and oxygen atoms in total. The van der Waals surface area contributed by atoms with Crippen molar-refractivity contribution in [1.29, 1.82) is 0 Å². The Bertz CT molecular complexity index is 2440. The second-order valence-corrected chi connectivity index (χ2v) is 13.6. The van der Waals surface area contributed by atoms with Crippen LogP contribution in [0.2, 0.25) is 0 Å². The zero-order valence-electron chi connectivity index (χ0n) is 24.5. The number of rotatable bonds is 2. The second-order valence-electron chi connectivity index (χ2n) is 12.5. The van der Waals surface area contributed by atoms with E-state index in [0.717, 1.165) is 0 Å². The van der Waals surface area contributed by atoms with Crippen LogP contribution >= 0.6 is 11.3 Å². The van der Waals surface area contributed by atoms with Crippen LogP contribution in [0.3, 0.4) is 0 Å². The smallest absolute Gasteiger partial charge is 0.0361 e. The van der Waals surface area contributed by atoms with Gasteiger partial charge in [-0.15, -0.1) is 11.3 Å². The molecule has 204 valence electrons. The molecule has 0 fully saturated rings. The van der Waals surface area contributed by atoms with Gasteiger partial charge in [0.05, 0.1) is 0 Å². The molecule has 0 saturated heterocycles. The van der Waals surface area contributed by atoms with E-state index >= 15 is 0 Å². The second kappa shape index (κ2) is 8.89. The number of hydrogen-bond acceptors (Lipinski definition) is 1. The lowest BCUT2D eigenvalue weighted by Crippen LogP contribution is -2.14. The molecule has 0 aliphatic heterocycles. The average Bonchev–Trinajstić information content (AvgIpc) is 3.53. The van der Waals surface area contributed by atoms with Crippen LogP contribution in [0.4, 0.5) is 0 Å². The van der Waals surface area contributed by atoms with Gasteiger partial charge in [0.15, 0.2) is 0 Å². The van der Waals surface area contributed by atoms with Crippen LogP contribution in [0.1, 0.15) is 30.5 Å². The van der Waals surface area contributed by atoms with Crippen molar-refractivity contribution in [3.63, 3.8) is 0 Å². The van der Waals surface area contributed by atoms with Gasteiger partial charge in [-0.25, -0.2) is 0 Å². The molecule has 0 N–H and O–H groups in total. The van der Waals surface area contributed by atoms with Gasteiger partial charge in [-0.3, -0.25) is 0 Å². The summed E-state index contributed by atoms with van der Waals surface area (Å²) in [6.45, 7) is 6.96. The Kier molecular flexibility index (Phi) is 5.14. The van der Waals surface area contributed by atoms with E-state index in [1.807, 2.05) is 11.3 Å². The van der Waals surface area contributed by atoms with Crippen LogP contribution < -0.4 is 0 Å². The van der Waals surface area contributed by atoms with E-state index in [-0.39, 0.29) is 5.41 Å². The summed E-state index contributed by atoms with van der Waals surface area (Å²) in [5.41, 5.74) is 12.1.